The second-order valence-corrected chi connectivity index (χ2v) is 11.9. The fraction of sp³-hybridized carbons (Fsp3) is 0.812. The summed E-state index contributed by atoms with van der Waals surface area (Å²) in [6, 6.07) is 0. The number of carbonyl (C=O) groups excluding carboxylic acids is 1. The van der Waals surface area contributed by atoms with Crippen LogP contribution in [0.25, 0.3) is 0 Å². The minimum Gasteiger partial charge on any atom is -0.413 e. The molecule has 0 aliphatic carbocycles. The van der Waals surface area contributed by atoms with E-state index < -0.39 is 8.32 Å². The second kappa shape index (κ2) is 8.00. The molecule has 3 heteroatoms. The summed E-state index contributed by atoms with van der Waals surface area (Å²) in [5.41, 5.74) is 1.81. The SMILES string of the molecule is CC(=O)C=CCC(C)O[Si](C(C)C)(C(C)C)C(C)C. The van der Waals surface area contributed by atoms with E-state index in [1.807, 2.05) is 6.08 Å². The van der Waals surface area contributed by atoms with Crippen molar-refractivity contribution in [1.82, 2.24) is 0 Å². The fourth-order valence-electron chi connectivity index (χ4n) is 3.23. The van der Waals surface area contributed by atoms with Gasteiger partial charge in [0.2, 0.25) is 8.32 Å². The summed E-state index contributed by atoms with van der Waals surface area (Å²) in [7, 11) is -1.79. The number of hydrogen-bond acceptors (Lipinski definition) is 2. The molecule has 0 aliphatic heterocycles. The van der Waals surface area contributed by atoms with Gasteiger partial charge in [-0.15, -0.1) is 0 Å². The smallest absolute Gasteiger partial charge is 0.200 e. The molecular formula is C16H32O2Si. The van der Waals surface area contributed by atoms with E-state index in [-0.39, 0.29) is 11.9 Å². The van der Waals surface area contributed by atoms with Crippen LogP contribution in [-0.2, 0) is 9.22 Å². The van der Waals surface area contributed by atoms with E-state index in [0.29, 0.717) is 16.6 Å². The molecule has 0 aliphatic rings. The van der Waals surface area contributed by atoms with Crippen LogP contribution in [0.4, 0.5) is 0 Å². The summed E-state index contributed by atoms with van der Waals surface area (Å²) in [5.74, 6) is 0.104. The van der Waals surface area contributed by atoms with Gasteiger partial charge in [-0.1, -0.05) is 47.6 Å². The van der Waals surface area contributed by atoms with E-state index in [0.717, 1.165) is 6.42 Å². The molecule has 1 atom stereocenters. The molecule has 0 heterocycles. The number of rotatable bonds is 8. The van der Waals surface area contributed by atoms with Crippen molar-refractivity contribution in [3.63, 3.8) is 0 Å². The van der Waals surface area contributed by atoms with E-state index in [1.54, 1.807) is 13.0 Å². The maximum atomic E-state index is 10.9. The zero-order chi connectivity index (χ0) is 15.2. The lowest BCUT2D eigenvalue weighted by molar-refractivity contribution is -0.112. The Morgan fingerprint density at radius 2 is 1.42 bits per heavy atom. The molecular weight excluding hydrogens is 252 g/mol. The average molecular weight is 285 g/mol. The summed E-state index contributed by atoms with van der Waals surface area (Å²) >= 11 is 0. The molecule has 0 bridgehead atoms. The van der Waals surface area contributed by atoms with Crippen LogP contribution in [0, 0.1) is 0 Å². The van der Waals surface area contributed by atoms with E-state index in [4.69, 9.17) is 4.43 Å². The van der Waals surface area contributed by atoms with Gasteiger partial charge in [-0.3, -0.25) is 4.79 Å². The minimum atomic E-state index is -1.79. The van der Waals surface area contributed by atoms with Crippen LogP contribution in [0.2, 0.25) is 16.6 Å². The number of allylic oxidation sites excluding steroid dienone is 1. The molecule has 1 unspecified atom stereocenters. The van der Waals surface area contributed by atoms with Crippen molar-refractivity contribution in [1.29, 1.82) is 0 Å². The third kappa shape index (κ3) is 5.23. The van der Waals surface area contributed by atoms with Gasteiger partial charge < -0.3 is 4.43 Å². The van der Waals surface area contributed by atoms with E-state index in [9.17, 15) is 4.79 Å². The van der Waals surface area contributed by atoms with Crippen LogP contribution in [-0.4, -0.2) is 20.2 Å². The van der Waals surface area contributed by atoms with Crippen LogP contribution < -0.4 is 0 Å². The molecule has 2 nitrogen and oxygen atoms in total. The van der Waals surface area contributed by atoms with Gasteiger partial charge in [0.15, 0.2) is 5.78 Å². The van der Waals surface area contributed by atoms with Crippen molar-refractivity contribution in [2.45, 2.75) is 84.5 Å². The highest BCUT2D eigenvalue weighted by Gasteiger charge is 2.45. The maximum absolute atomic E-state index is 10.9. The first-order chi connectivity index (χ1) is 8.64. The van der Waals surface area contributed by atoms with Crippen molar-refractivity contribution >= 4 is 14.1 Å². The van der Waals surface area contributed by atoms with Gasteiger partial charge in [-0.05, 0) is 43.0 Å². The summed E-state index contributed by atoms with van der Waals surface area (Å²) in [4.78, 5) is 10.9. The quantitative estimate of drug-likeness (QED) is 0.458. The van der Waals surface area contributed by atoms with Gasteiger partial charge >= 0.3 is 0 Å². The van der Waals surface area contributed by atoms with Crippen LogP contribution >= 0.6 is 0 Å². The highest BCUT2D eigenvalue weighted by Crippen LogP contribution is 2.43. The number of hydrogen-bond donors (Lipinski definition) is 0. The molecule has 112 valence electrons. The van der Waals surface area contributed by atoms with Crippen molar-refractivity contribution in [2.75, 3.05) is 0 Å². The Hall–Kier alpha value is -0.413. The minimum absolute atomic E-state index is 0.104. The van der Waals surface area contributed by atoms with Crippen molar-refractivity contribution in [3.05, 3.63) is 12.2 Å². The normalized spacial score (nSPS) is 14.9. The molecule has 0 aromatic rings. The maximum Gasteiger partial charge on any atom is 0.200 e. The average Bonchev–Trinajstić information content (AvgIpc) is 2.23. The van der Waals surface area contributed by atoms with Gasteiger partial charge in [0, 0.05) is 6.10 Å². The zero-order valence-corrected chi connectivity index (χ0v) is 15.0. The molecule has 0 rings (SSSR count). The van der Waals surface area contributed by atoms with E-state index in [2.05, 4.69) is 48.5 Å². The first-order valence-corrected chi connectivity index (χ1v) is 9.63. The van der Waals surface area contributed by atoms with Crippen molar-refractivity contribution in [3.8, 4) is 0 Å². The molecule has 0 saturated carbocycles. The third-order valence-corrected chi connectivity index (χ3v) is 10.2. The number of carbonyl (C=O) groups is 1. The predicted octanol–water partition coefficient (Wildman–Crippen LogP) is 5.10. The second-order valence-electron chi connectivity index (χ2n) is 6.49. The Morgan fingerprint density at radius 1 is 1.00 bits per heavy atom. The Balaban J connectivity index is 4.87. The molecule has 0 N–H and O–H groups in total. The Kier molecular flexibility index (Phi) is 7.83. The highest BCUT2D eigenvalue weighted by molar-refractivity contribution is 6.77. The predicted molar refractivity (Wildman–Crippen MR) is 86.0 cm³/mol. The van der Waals surface area contributed by atoms with Crippen LogP contribution in [0.5, 0.6) is 0 Å². The topological polar surface area (TPSA) is 26.3 Å². The van der Waals surface area contributed by atoms with Gasteiger partial charge in [-0.2, -0.15) is 0 Å². The number of ketones is 1. The summed E-state index contributed by atoms with van der Waals surface area (Å²) in [5, 5.41) is 0. The van der Waals surface area contributed by atoms with Crippen molar-refractivity contribution in [2.24, 2.45) is 0 Å². The molecule has 0 spiro atoms. The first kappa shape index (κ1) is 18.6. The molecule has 0 aromatic heterocycles. The van der Waals surface area contributed by atoms with E-state index in [1.165, 1.54) is 0 Å². The molecule has 0 amide bonds. The third-order valence-electron chi connectivity index (χ3n) is 3.93. The highest BCUT2D eigenvalue weighted by atomic mass is 28.4. The molecule has 0 aromatic carbocycles. The molecule has 0 saturated heterocycles. The standard InChI is InChI=1S/C16H32O2Si/c1-12(2)19(13(3)4,14(5)6)18-16(8)11-9-10-15(7)17/h9-10,12-14,16H,11H2,1-8H3. The largest absolute Gasteiger partial charge is 0.413 e. The Labute approximate surface area is 120 Å². The lowest BCUT2D eigenvalue weighted by atomic mass is 10.2. The fourth-order valence-corrected chi connectivity index (χ4v) is 8.84. The van der Waals surface area contributed by atoms with Crippen LogP contribution in [0.1, 0.15) is 61.8 Å². The van der Waals surface area contributed by atoms with Crippen LogP contribution in [0.3, 0.4) is 0 Å². The van der Waals surface area contributed by atoms with Gasteiger partial charge in [0.25, 0.3) is 0 Å². The van der Waals surface area contributed by atoms with Crippen LogP contribution in [0.15, 0.2) is 12.2 Å². The first-order valence-electron chi connectivity index (χ1n) is 7.49. The Bertz CT molecular complexity index is 284. The van der Waals surface area contributed by atoms with E-state index >= 15 is 0 Å². The lowest BCUT2D eigenvalue weighted by Crippen LogP contribution is -2.49. The summed E-state index contributed by atoms with van der Waals surface area (Å²) < 4.78 is 6.58. The molecule has 0 radical (unpaired) electrons. The van der Waals surface area contributed by atoms with Gasteiger partial charge in [0.1, 0.15) is 0 Å². The Morgan fingerprint density at radius 3 is 1.74 bits per heavy atom. The van der Waals surface area contributed by atoms with Gasteiger partial charge in [0.05, 0.1) is 0 Å². The monoisotopic (exact) mass is 284 g/mol. The molecule has 0 fully saturated rings. The van der Waals surface area contributed by atoms with Gasteiger partial charge in [-0.25, -0.2) is 0 Å². The van der Waals surface area contributed by atoms with Crippen molar-refractivity contribution < 1.29 is 9.22 Å². The lowest BCUT2D eigenvalue weighted by Gasteiger charge is -2.44. The summed E-state index contributed by atoms with van der Waals surface area (Å²) in [6.45, 7) is 17.5. The summed E-state index contributed by atoms with van der Waals surface area (Å²) in [6.07, 6.45) is 4.59. The zero-order valence-electron chi connectivity index (χ0n) is 14.0. The molecule has 19 heavy (non-hydrogen) atoms.